The van der Waals surface area contributed by atoms with Crippen LogP contribution in [0.2, 0.25) is 0 Å². The lowest BCUT2D eigenvalue weighted by atomic mass is 9.81. The molecular weight excluding hydrogens is 170 g/mol. The number of ether oxygens (including phenoxy) is 1. The lowest BCUT2D eigenvalue weighted by Gasteiger charge is -2.42. The van der Waals surface area contributed by atoms with Crippen LogP contribution in [-0.4, -0.2) is 41.2 Å². The van der Waals surface area contributed by atoms with Crippen molar-refractivity contribution in [2.24, 2.45) is 11.1 Å². The first-order chi connectivity index (χ1) is 5.84. The van der Waals surface area contributed by atoms with Gasteiger partial charge in [0.15, 0.2) is 0 Å². The average molecular weight is 189 g/mol. The quantitative estimate of drug-likeness (QED) is 0.479. The third-order valence-electron chi connectivity index (χ3n) is 2.42. The summed E-state index contributed by atoms with van der Waals surface area (Å²) in [4.78, 5) is 0. The molecule has 13 heavy (non-hydrogen) atoms. The number of aliphatic hydroxyl groups is 2. The van der Waals surface area contributed by atoms with Crippen LogP contribution in [0.15, 0.2) is 0 Å². The Morgan fingerprint density at radius 2 is 1.77 bits per heavy atom. The monoisotopic (exact) mass is 189 g/mol. The Kier molecular flexibility index (Phi) is 2.97. The van der Waals surface area contributed by atoms with Gasteiger partial charge < -0.3 is 20.7 Å². The van der Waals surface area contributed by atoms with E-state index in [1.54, 1.807) is 0 Å². The van der Waals surface area contributed by atoms with E-state index in [1.165, 1.54) is 0 Å². The van der Waals surface area contributed by atoms with Crippen LogP contribution in [0.1, 0.15) is 20.8 Å². The van der Waals surface area contributed by atoms with Crippen LogP contribution >= 0.6 is 0 Å². The Bertz CT molecular complexity index is 178. The van der Waals surface area contributed by atoms with E-state index in [4.69, 9.17) is 10.5 Å². The standard InChI is InChI=1S/C9H19NO3/c1-9(2,3)8-7(12)6(11)5(10)4-13-8/h5-8,11-12H,4,10H2,1-3H3. The molecule has 1 saturated heterocycles. The van der Waals surface area contributed by atoms with Crippen LogP contribution in [0.3, 0.4) is 0 Å². The summed E-state index contributed by atoms with van der Waals surface area (Å²) in [7, 11) is 0. The van der Waals surface area contributed by atoms with Gasteiger partial charge in [-0.15, -0.1) is 0 Å². The minimum atomic E-state index is -0.885. The van der Waals surface area contributed by atoms with Crippen molar-refractivity contribution in [1.29, 1.82) is 0 Å². The van der Waals surface area contributed by atoms with E-state index in [0.717, 1.165) is 0 Å². The fraction of sp³-hybridized carbons (Fsp3) is 1.00. The summed E-state index contributed by atoms with van der Waals surface area (Å²) in [5, 5.41) is 19.2. The Morgan fingerprint density at radius 1 is 1.23 bits per heavy atom. The maximum atomic E-state index is 9.69. The van der Waals surface area contributed by atoms with Gasteiger partial charge in [-0.2, -0.15) is 0 Å². The first-order valence-corrected chi connectivity index (χ1v) is 4.57. The third kappa shape index (κ3) is 2.20. The Hall–Kier alpha value is -0.160. The lowest BCUT2D eigenvalue weighted by Crippen LogP contribution is -2.59. The van der Waals surface area contributed by atoms with Crippen LogP contribution in [0, 0.1) is 5.41 Å². The van der Waals surface area contributed by atoms with Crippen molar-refractivity contribution in [3.8, 4) is 0 Å². The van der Waals surface area contributed by atoms with Gasteiger partial charge >= 0.3 is 0 Å². The highest BCUT2D eigenvalue weighted by Gasteiger charge is 2.42. The molecule has 0 aliphatic carbocycles. The van der Waals surface area contributed by atoms with Gasteiger partial charge in [0, 0.05) is 0 Å². The zero-order chi connectivity index (χ0) is 10.2. The zero-order valence-corrected chi connectivity index (χ0v) is 8.40. The predicted molar refractivity (Wildman–Crippen MR) is 49.2 cm³/mol. The van der Waals surface area contributed by atoms with E-state index in [1.807, 2.05) is 20.8 Å². The minimum Gasteiger partial charge on any atom is -0.389 e. The molecule has 0 saturated carbocycles. The van der Waals surface area contributed by atoms with Gasteiger partial charge in [-0.1, -0.05) is 20.8 Å². The van der Waals surface area contributed by atoms with E-state index < -0.39 is 18.2 Å². The molecule has 4 heteroatoms. The van der Waals surface area contributed by atoms with Crippen molar-refractivity contribution in [1.82, 2.24) is 0 Å². The lowest BCUT2D eigenvalue weighted by molar-refractivity contribution is -0.176. The molecule has 4 unspecified atom stereocenters. The first kappa shape index (κ1) is 10.9. The van der Waals surface area contributed by atoms with Crippen molar-refractivity contribution in [2.75, 3.05) is 6.61 Å². The second-order valence-corrected chi connectivity index (χ2v) is 4.76. The number of nitrogens with two attached hydrogens (primary N) is 1. The summed E-state index contributed by atoms with van der Waals surface area (Å²) in [6.45, 7) is 6.19. The average Bonchev–Trinajstić information content (AvgIpc) is 1.98. The van der Waals surface area contributed by atoms with E-state index in [2.05, 4.69) is 0 Å². The summed E-state index contributed by atoms with van der Waals surface area (Å²) in [6, 6.07) is -0.478. The smallest absolute Gasteiger partial charge is 0.108 e. The molecule has 4 nitrogen and oxygen atoms in total. The zero-order valence-electron chi connectivity index (χ0n) is 8.40. The molecule has 1 rings (SSSR count). The van der Waals surface area contributed by atoms with E-state index in [-0.39, 0.29) is 11.5 Å². The first-order valence-electron chi connectivity index (χ1n) is 4.57. The summed E-state index contributed by atoms with van der Waals surface area (Å²) < 4.78 is 5.40. The van der Waals surface area contributed by atoms with Crippen molar-refractivity contribution in [2.45, 2.75) is 45.1 Å². The van der Waals surface area contributed by atoms with Gasteiger partial charge in [0.1, 0.15) is 6.10 Å². The van der Waals surface area contributed by atoms with E-state index >= 15 is 0 Å². The molecule has 0 aromatic rings. The highest BCUT2D eigenvalue weighted by atomic mass is 16.5. The largest absolute Gasteiger partial charge is 0.389 e. The predicted octanol–water partition coefficient (Wildman–Crippen LogP) is -0.520. The molecule has 4 N–H and O–H groups in total. The Labute approximate surface area is 78.7 Å². The van der Waals surface area contributed by atoms with E-state index in [9.17, 15) is 10.2 Å². The highest BCUT2D eigenvalue weighted by molar-refractivity contribution is 4.93. The molecule has 0 radical (unpaired) electrons. The molecule has 0 aromatic heterocycles. The van der Waals surface area contributed by atoms with E-state index in [0.29, 0.717) is 6.61 Å². The molecule has 1 heterocycles. The fourth-order valence-corrected chi connectivity index (χ4v) is 1.61. The maximum Gasteiger partial charge on any atom is 0.108 e. The molecule has 78 valence electrons. The Morgan fingerprint density at radius 3 is 2.23 bits per heavy atom. The molecule has 1 aliphatic heterocycles. The number of hydrogen-bond acceptors (Lipinski definition) is 4. The van der Waals surface area contributed by atoms with Crippen molar-refractivity contribution < 1.29 is 14.9 Å². The molecule has 0 aromatic carbocycles. The normalized spacial score (nSPS) is 42.0. The maximum absolute atomic E-state index is 9.69. The van der Waals surface area contributed by atoms with Crippen molar-refractivity contribution in [3.05, 3.63) is 0 Å². The van der Waals surface area contributed by atoms with Crippen molar-refractivity contribution in [3.63, 3.8) is 0 Å². The topological polar surface area (TPSA) is 75.7 Å². The molecule has 4 atom stereocenters. The molecule has 0 spiro atoms. The summed E-state index contributed by atoms with van der Waals surface area (Å²) in [6.07, 6.45) is -2.11. The molecular formula is C9H19NO3. The third-order valence-corrected chi connectivity index (χ3v) is 2.42. The summed E-state index contributed by atoms with van der Waals surface area (Å²) in [5.41, 5.74) is 5.36. The van der Waals surface area contributed by atoms with Crippen molar-refractivity contribution >= 4 is 0 Å². The van der Waals surface area contributed by atoms with Crippen LogP contribution < -0.4 is 5.73 Å². The fourth-order valence-electron chi connectivity index (χ4n) is 1.61. The molecule has 0 amide bonds. The van der Waals surface area contributed by atoms with Gasteiger partial charge in [-0.25, -0.2) is 0 Å². The van der Waals surface area contributed by atoms with Gasteiger partial charge in [0.05, 0.1) is 24.9 Å². The molecule has 0 bridgehead atoms. The Balaban J connectivity index is 2.70. The van der Waals surface area contributed by atoms with Crippen LogP contribution in [0.4, 0.5) is 0 Å². The van der Waals surface area contributed by atoms with Crippen LogP contribution in [-0.2, 0) is 4.74 Å². The molecule has 1 fully saturated rings. The number of rotatable bonds is 0. The van der Waals surface area contributed by atoms with Crippen LogP contribution in [0.25, 0.3) is 0 Å². The summed E-state index contributed by atoms with van der Waals surface area (Å²) >= 11 is 0. The SMILES string of the molecule is CC(C)(C)C1OCC(N)C(O)C1O. The van der Waals surface area contributed by atoms with Gasteiger partial charge in [-0.3, -0.25) is 0 Å². The van der Waals surface area contributed by atoms with Gasteiger partial charge in [-0.05, 0) is 5.41 Å². The van der Waals surface area contributed by atoms with Crippen LogP contribution in [0.5, 0.6) is 0 Å². The number of aliphatic hydroxyl groups excluding tert-OH is 2. The highest BCUT2D eigenvalue weighted by Crippen LogP contribution is 2.29. The second-order valence-electron chi connectivity index (χ2n) is 4.76. The van der Waals surface area contributed by atoms with Gasteiger partial charge in [0.2, 0.25) is 0 Å². The molecule has 1 aliphatic rings. The second kappa shape index (κ2) is 3.53. The summed E-state index contributed by atoms with van der Waals surface area (Å²) in [5.74, 6) is 0. The van der Waals surface area contributed by atoms with Gasteiger partial charge in [0.25, 0.3) is 0 Å². The number of hydrogen-bond donors (Lipinski definition) is 3. The minimum absolute atomic E-state index is 0.180.